The van der Waals surface area contributed by atoms with Gasteiger partial charge >= 0.3 is 0 Å². The molecule has 1 aromatic carbocycles. The maximum absolute atomic E-state index is 10.4. The first-order chi connectivity index (χ1) is 7.75. The molecule has 0 aliphatic rings. The zero-order valence-corrected chi connectivity index (χ0v) is 8.69. The first-order valence-corrected chi connectivity index (χ1v) is 4.94. The molecular weight excluding hydrogens is 206 g/mol. The molecule has 1 aromatic heterocycles. The molecule has 0 aliphatic carbocycles. The number of H-pyrrole nitrogens is 1. The first kappa shape index (κ1) is 10.7. The predicted octanol–water partition coefficient (Wildman–Crippen LogP) is 0.674. The summed E-state index contributed by atoms with van der Waals surface area (Å²) in [7, 11) is 0. The minimum Gasteiger partial charge on any atom is -0.368 e. The van der Waals surface area contributed by atoms with Gasteiger partial charge in [0.15, 0.2) is 0 Å². The number of nitrogens with two attached hydrogens (primary N) is 1. The summed E-state index contributed by atoms with van der Waals surface area (Å²) in [5.41, 5.74) is 9.75. The van der Waals surface area contributed by atoms with Gasteiger partial charge in [-0.05, 0) is 23.1 Å². The van der Waals surface area contributed by atoms with Crippen LogP contribution in [0.25, 0.3) is 10.9 Å². The van der Waals surface area contributed by atoms with Crippen molar-refractivity contribution < 1.29 is 9.63 Å². The van der Waals surface area contributed by atoms with Crippen LogP contribution in [0.4, 0.5) is 0 Å². The van der Waals surface area contributed by atoms with Crippen LogP contribution < -0.4 is 11.2 Å². The van der Waals surface area contributed by atoms with Gasteiger partial charge in [0.05, 0.1) is 0 Å². The van der Waals surface area contributed by atoms with Gasteiger partial charge in [-0.15, -0.1) is 0 Å². The van der Waals surface area contributed by atoms with Crippen molar-refractivity contribution in [2.75, 3.05) is 6.61 Å². The molecule has 1 heterocycles. The van der Waals surface area contributed by atoms with E-state index in [2.05, 4.69) is 10.5 Å². The third kappa shape index (κ3) is 2.59. The summed E-state index contributed by atoms with van der Waals surface area (Å²) in [5, 5.41) is 1.17. The SMILES string of the molecule is NC(=O)CONCc1ccc2cc[nH]c2c1. The van der Waals surface area contributed by atoms with E-state index in [1.807, 2.05) is 30.5 Å². The topological polar surface area (TPSA) is 80.1 Å². The zero-order valence-electron chi connectivity index (χ0n) is 8.69. The number of aromatic nitrogens is 1. The molecule has 0 bridgehead atoms. The zero-order chi connectivity index (χ0) is 11.4. The maximum Gasteiger partial charge on any atom is 0.245 e. The number of fused-ring (bicyclic) bond motifs is 1. The highest BCUT2D eigenvalue weighted by atomic mass is 16.6. The standard InChI is InChI=1S/C11H13N3O2/c12-11(15)7-16-14-6-8-1-2-9-3-4-13-10(9)5-8/h1-5,13-14H,6-7H2,(H2,12,15). The number of carbonyl (C=O) groups is 1. The Morgan fingerprint density at radius 2 is 2.31 bits per heavy atom. The summed E-state index contributed by atoms with van der Waals surface area (Å²) in [5.74, 6) is -0.493. The van der Waals surface area contributed by atoms with Crippen LogP contribution in [0.1, 0.15) is 5.56 Å². The van der Waals surface area contributed by atoms with E-state index in [9.17, 15) is 4.79 Å². The number of amides is 1. The maximum atomic E-state index is 10.4. The quantitative estimate of drug-likeness (QED) is 0.511. The summed E-state index contributed by atoms with van der Waals surface area (Å²) in [6.07, 6.45) is 1.89. The molecule has 5 nitrogen and oxygen atoms in total. The first-order valence-electron chi connectivity index (χ1n) is 4.94. The van der Waals surface area contributed by atoms with Crippen LogP contribution in [0, 0.1) is 0 Å². The van der Waals surface area contributed by atoms with Gasteiger partial charge in [-0.3, -0.25) is 9.63 Å². The van der Waals surface area contributed by atoms with Crippen molar-refractivity contribution in [3.05, 3.63) is 36.0 Å². The average molecular weight is 219 g/mol. The highest BCUT2D eigenvalue weighted by Crippen LogP contribution is 2.13. The Kier molecular flexibility index (Phi) is 3.19. The van der Waals surface area contributed by atoms with Crippen molar-refractivity contribution in [2.24, 2.45) is 5.73 Å². The Balaban J connectivity index is 1.91. The predicted molar refractivity (Wildman–Crippen MR) is 60.3 cm³/mol. The molecule has 0 radical (unpaired) electrons. The third-order valence-electron chi connectivity index (χ3n) is 2.21. The number of aromatic amines is 1. The Hall–Kier alpha value is -1.85. The average Bonchev–Trinajstić information content (AvgIpc) is 2.71. The lowest BCUT2D eigenvalue weighted by atomic mass is 10.2. The Labute approximate surface area is 92.5 Å². The fourth-order valence-electron chi connectivity index (χ4n) is 1.46. The molecule has 5 heteroatoms. The number of hydrogen-bond acceptors (Lipinski definition) is 3. The van der Waals surface area contributed by atoms with E-state index in [0.717, 1.165) is 11.1 Å². The van der Waals surface area contributed by atoms with E-state index in [1.54, 1.807) is 0 Å². The second kappa shape index (κ2) is 4.78. The monoisotopic (exact) mass is 219 g/mol. The van der Waals surface area contributed by atoms with Crippen LogP contribution in [0.3, 0.4) is 0 Å². The molecule has 0 saturated heterocycles. The van der Waals surface area contributed by atoms with Gasteiger partial charge in [-0.2, -0.15) is 5.48 Å². The number of carbonyl (C=O) groups excluding carboxylic acids is 1. The number of hydroxylamine groups is 1. The molecule has 0 saturated carbocycles. The molecule has 0 fully saturated rings. The Morgan fingerprint density at radius 3 is 3.12 bits per heavy atom. The molecule has 16 heavy (non-hydrogen) atoms. The van der Waals surface area contributed by atoms with Crippen molar-refractivity contribution in [1.29, 1.82) is 0 Å². The minimum absolute atomic E-state index is 0.120. The normalized spacial score (nSPS) is 10.8. The highest BCUT2D eigenvalue weighted by Gasteiger charge is 1.98. The van der Waals surface area contributed by atoms with Gasteiger partial charge in [0.1, 0.15) is 6.61 Å². The summed E-state index contributed by atoms with van der Waals surface area (Å²) in [6, 6.07) is 8.06. The lowest BCUT2D eigenvalue weighted by Crippen LogP contribution is -2.24. The van der Waals surface area contributed by atoms with Crippen molar-refractivity contribution >= 4 is 16.8 Å². The molecule has 2 aromatic rings. The number of rotatable bonds is 5. The van der Waals surface area contributed by atoms with Gasteiger partial charge in [0.2, 0.25) is 5.91 Å². The van der Waals surface area contributed by atoms with Crippen LogP contribution in [-0.4, -0.2) is 17.5 Å². The van der Waals surface area contributed by atoms with Gasteiger partial charge in [0.25, 0.3) is 0 Å². The second-order valence-corrected chi connectivity index (χ2v) is 3.48. The molecule has 0 aliphatic heterocycles. The van der Waals surface area contributed by atoms with Crippen LogP contribution in [0.2, 0.25) is 0 Å². The largest absolute Gasteiger partial charge is 0.368 e. The summed E-state index contributed by atoms with van der Waals surface area (Å²) < 4.78 is 0. The molecule has 4 N–H and O–H groups in total. The van der Waals surface area contributed by atoms with E-state index >= 15 is 0 Å². The summed E-state index contributed by atoms with van der Waals surface area (Å²) in [6.45, 7) is 0.410. The minimum atomic E-state index is -0.493. The molecular formula is C11H13N3O2. The highest BCUT2D eigenvalue weighted by molar-refractivity contribution is 5.79. The van der Waals surface area contributed by atoms with Gasteiger partial charge in [-0.1, -0.05) is 12.1 Å². The number of primary amides is 1. The fourth-order valence-corrected chi connectivity index (χ4v) is 1.46. The molecule has 0 spiro atoms. The fraction of sp³-hybridized carbons (Fsp3) is 0.182. The lowest BCUT2D eigenvalue weighted by Gasteiger charge is -2.04. The van der Waals surface area contributed by atoms with Crippen molar-refractivity contribution in [3.8, 4) is 0 Å². The van der Waals surface area contributed by atoms with Gasteiger partial charge < -0.3 is 10.7 Å². The Morgan fingerprint density at radius 1 is 1.44 bits per heavy atom. The second-order valence-electron chi connectivity index (χ2n) is 3.48. The van der Waals surface area contributed by atoms with E-state index in [1.165, 1.54) is 5.39 Å². The van der Waals surface area contributed by atoms with Crippen molar-refractivity contribution in [3.63, 3.8) is 0 Å². The van der Waals surface area contributed by atoms with Crippen LogP contribution >= 0.6 is 0 Å². The molecule has 0 unspecified atom stereocenters. The number of hydrogen-bond donors (Lipinski definition) is 3. The smallest absolute Gasteiger partial charge is 0.245 e. The van der Waals surface area contributed by atoms with Gasteiger partial charge in [-0.25, -0.2) is 0 Å². The number of nitrogens with one attached hydrogen (secondary N) is 2. The lowest BCUT2D eigenvalue weighted by molar-refractivity contribution is -0.125. The van der Waals surface area contributed by atoms with Crippen LogP contribution in [-0.2, 0) is 16.2 Å². The molecule has 1 amide bonds. The van der Waals surface area contributed by atoms with Crippen LogP contribution in [0.15, 0.2) is 30.5 Å². The van der Waals surface area contributed by atoms with Gasteiger partial charge in [0, 0.05) is 18.3 Å². The molecule has 84 valence electrons. The summed E-state index contributed by atoms with van der Waals surface area (Å²) in [4.78, 5) is 18.4. The van der Waals surface area contributed by atoms with E-state index < -0.39 is 5.91 Å². The Bertz CT molecular complexity index is 493. The van der Waals surface area contributed by atoms with Crippen molar-refractivity contribution in [2.45, 2.75) is 6.54 Å². The molecule has 2 rings (SSSR count). The van der Waals surface area contributed by atoms with E-state index in [4.69, 9.17) is 10.6 Å². The molecule has 0 atom stereocenters. The summed E-state index contributed by atoms with van der Waals surface area (Å²) >= 11 is 0. The van der Waals surface area contributed by atoms with E-state index in [-0.39, 0.29) is 6.61 Å². The number of benzene rings is 1. The third-order valence-corrected chi connectivity index (χ3v) is 2.21. The van der Waals surface area contributed by atoms with Crippen molar-refractivity contribution in [1.82, 2.24) is 10.5 Å². The van der Waals surface area contributed by atoms with Crippen LogP contribution in [0.5, 0.6) is 0 Å². The van der Waals surface area contributed by atoms with E-state index in [0.29, 0.717) is 6.54 Å².